The van der Waals surface area contributed by atoms with Crippen LogP contribution in [-0.4, -0.2) is 53.4 Å². The molecule has 0 spiro atoms. The first-order chi connectivity index (χ1) is 7.73. The highest BCUT2D eigenvalue weighted by molar-refractivity contribution is 5.77. The van der Waals surface area contributed by atoms with Crippen LogP contribution in [0.2, 0.25) is 0 Å². The van der Waals surface area contributed by atoms with Crippen molar-refractivity contribution in [2.24, 2.45) is 5.41 Å². The lowest BCUT2D eigenvalue weighted by Gasteiger charge is -2.26. The Morgan fingerprint density at radius 2 is 2.00 bits per heavy atom. The molecule has 17 heavy (non-hydrogen) atoms. The summed E-state index contributed by atoms with van der Waals surface area (Å²) in [6.07, 6.45) is -0.175. The van der Waals surface area contributed by atoms with E-state index in [1.54, 1.807) is 27.8 Å². The van der Waals surface area contributed by atoms with Gasteiger partial charge in [-0.1, -0.05) is 6.92 Å². The third kappa shape index (κ3) is 5.04. The molecule has 100 valence electrons. The molecule has 0 saturated heterocycles. The molecule has 0 rings (SSSR count). The van der Waals surface area contributed by atoms with Gasteiger partial charge in [-0.3, -0.25) is 4.79 Å². The highest BCUT2D eigenvalue weighted by Gasteiger charge is 2.31. The van der Waals surface area contributed by atoms with Gasteiger partial charge in [0.2, 0.25) is 0 Å². The summed E-state index contributed by atoms with van der Waals surface area (Å²) in [6, 6.07) is -0.383. The monoisotopic (exact) mass is 246 g/mol. The summed E-state index contributed by atoms with van der Waals surface area (Å²) < 4.78 is 0. The Kier molecular flexibility index (Phi) is 5.95. The fraction of sp³-hybridized carbons (Fsp3) is 0.818. The largest absolute Gasteiger partial charge is 0.481 e. The zero-order chi connectivity index (χ0) is 13.6. The Morgan fingerprint density at radius 1 is 1.47 bits per heavy atom. The lowest BCUT2D eigenvalue weighted by Crippen LogP contribution is -2.46. The Morgan fingerprint density at radius 3 is 2.35 bits per heavy atom. The highest BCUT2D eigenvalue weighted by atomic mass is 16.4. The Hall–Kier alpha value is -1.30. The van der Waals surface area contributed by atoms with Crippen LogP contribution in [0.15, 0.2) is 0 Å². The molecule has 6 nitrogen and oxygen atoms in total. The lowest BCUT2D eigenvalue weighted by molar-refractivity contribution is -0.147. The van der Waals surface area contributed by atoms with E-state index in [4.69, 9.17) is 10.2 Å². The van der Waals surface area contributed by atoms with E-state index in [1.807, 2.05) is 0 Å². The Labute approximate surface area is 102 Å². The van der Waals surface area contributed by atoms with Gasteiger partial charge < -0.3 is 20.4 Å². The van der Waals surface area contributed by atoms with E-state index in [0.29, 0.717) is 6.42 Å². The van der Waals surface area contributed by atoms with Crippen LogP contribution in [0.1, 0.15) is 27.2 Å². The maximum Gasteiger partial charge on any atom is 0.317 e. The van der Waals surface area contributed by atoms with Crippen molar-refractivity contribution in [3.63, 3.8) is 0 Å². The van der Waals surface area contributed by atoms with Crippen LogP contribution in [0, 0.1) is 5.41 Å². The molecule has 0 bridgehead atoms. The molecule has 0 aromatic heterocycles. The van der Waals surface area contributed by atoms with Crippen molar-refractivity contribution < 1.29 is 19.8 Å². The molecule has 0 fully saturated rings. The molecule has 0 heterocycles. The predicted octanol–water partition coefficient (Wildman–Crippen LogP) is 0.509. The quantitative estimate of drug-likeness (QED) is 0.637. The first kappa shape index (κ1) is 15.7. The van der Waals surface area contributed by atoms with Gasteiger partial charge in [-0.2, -0.15) is 0 Å². The minimum absolute atomic E-state index is 0.0712. The molecular formula is C11H22N2O4. The molecule has 0 saturated carbocycles. The Balaban J connectivity index is 4.27. The molecule has 0 aliphatic rings. The molecule has 0 radical (unpaired) electrons. The number of urea groups is 1. The topological polar surface area (TPSA) is 89.9 Å². The number of hydrogen-bond donors (Lipinski definition) is 3. The number of hydrogen-bond acceptors (Lipinski definition) is 3. The number of carbonyl (C=O) groups is 2. The number of aliphatic hydroxyl groups is 1. The zero-order valence-electron chi connectivity index (χ0n) is 10.9. The minimum Gasteiger partial charge on any atom is -0.481 e. The molecule has 2 amide bonds. The van der Waals surface area contributed by atoms with Crippen molar-refractivity contribution in [2.75, 3.05) is 20.1 Å². The van der Waals surface area contributed by atoms with E-state index in [0.717, 1.165) is 0 Å². The van der Waals surface area contributed by atoms with Crippen LogP contribution in [0.25, 0.3) is 0 Å². The summed E-state index contributed by atoms with van der Waals surface area (Å²) in [4.78, 5) is 23.9. The van der Waals surface area contributed by atoms with Gasteiger partial charge in [0.05, 0.1) is 11.5 Å². The smallest absolute Gasteiger partial charge is 0.317 e. The van der Waals surface area contributed by atoms with E-state index >= 15 is 0 Å². The van der Waals surface area contributed by atoms with Crippen LogP contribution in [0.4, 0.5) is 4.79 Å². The SMILES string of the molecule is CCC(C)(CNC(=O)N(C)CC(C)O)C(=O)O. The fourth-order valence-corrected chi connectivity index (χ4v) is 1.24. The van der Waals surface area contributed by atoms with Gasteiger partial charge >= 0.3 is 12.0 Å². The van der Waals surface area contributed by atoms with E-state index in [-0.39, 0.29) is 19.1 Å². The molecule has 0 aromatic rings. The summed E-state index contributed by atoms with van der Waals surface area (Å²) in [7, 11) is 1.55. The molecule has 0 aliphatic heterocycles. The minimum atomic E-state index is -0.957. The van der Waals surface area contributed by atoms with Gasteiger partial charge in [-0.15, -0.1) is 0 Å². The number of likely N-dealkylation sites (N-methyl/N-ethyl adjacent to an activating group) is 1. The van der Waals surface area contributed by atoms with Crippen molar-refractivity contribution in [1.29, 1.82) is 0 Å². The second-order valence-corrected chi connectivity index (χ2v) is 4.61. The average molecular weight is 246 g/mol. The van der Waals surface area contributed by atoms with Crippen molar-refractivity contribution in [1.82, 2.24) is 10.2 Å². The standard InChI is InChI=1S/C11H22N2O4/c1-5-11(3,9(15)16)7-12-10(17)13(4)6-8(2)14/h8,14H,5-7H2,1-4H3,(H,12,17)(H,15,16). The molecule has 2 unspecified atom stereocenters. The summed E-state index contributed by atoms with van der Waals surface area (Å²) in [5.74, 6) is -0.932. The number of nitrogens with one attached hydrogen (secondary N) is 1. The number of aliphatic hydroxyl groups excluding tert-OH is 1. The normalized spacial score (nSPS) is 15.8. The van der Waals surface area contributed by atoms with Gasteiger partial charge in [-0.05, 0) is 20.3 Å². The fourth-order valence-electron chi connectivity index (χ4n) is 1.24. The van der Waals surface area contributed by atoms with E-state index in [9.17, 15) is 9.59 Å². The summed E-state index contributed by atoms with van der Waals surface area (Å²) in [5.41, 5.74) is -0.957. The maximum absolute atomic E-state index is 11.6. The first-order valence-corrected chi connectivity index (χ1v) is 5.63. The number of carboxylic acid groups (broad SMARTS) is 1. The van der Waals surface area contributed by atoms with Crippen LogP contribution >= 0.6 is 0 Å². The van der Waals surface area contributed by atoms with E-state index in [2.05, 4.69) is 5.32 Å². The molecule has 3 N–H and O–H groups in total. The summed E-state index contributed by atoms with van der Waals surface area (Å²) in [6.45, 7) is 5.21. The van der Waals surface area contributed by atoms with E-state index < -0.39 is 17.5 Å². The number of rotatable bonds is 6. The van der Waals surface area contributed by atoms with Gasteiger partial charge in [0.25, 0.3) is 0 Å². The van der Waals surface area contributed by atoms with Crippen LogP contribution < -0.4 is 5.32 Å². The number of carboxylic acids is 1. The van der Waals surface area contributed by atoms with Gasteiger partial charge in [0.1, 0.15) is 0 Å². The lowest BCUT2D eigenvalue weighted by atomic mass is 9.88. The molecular weight excluding hydrogens is 224 g/mol. The number of carbonyl (C=O) groups excluding carboxylic acids is 1. The number of nitrogens with zero attached hydrogens (tertiary/aromatic N) is 1. The third-order valence-electron chi connectivity index (χ3n) is 2.81. The van der Waals surface area contributed by atoms with Crippen LogP contribution in [-0.2, 0) is 4.79 Å². The second-order valence-electron chi connectivity index (χ2n) is 4.61. The number of aliphatic carboxylic acids is 1. The van der Waals surface area contributed by atoms with Crippen LogP contribution in [0.5, 0.6) is 0 Å². The maximum atomic E-state index is 11.6. The van der Waals surface area contributed by atoms with Gasteiger partial charge in [0, 0.05) is 20.1 Å². The van der Waals surface area contributed by atoms with Crippen LogP contribution in [0.3, 0.4) is 0 Å². The molecule has 6 heteroatoms. The van der Waals surface area contributed by atoms with Crippen molar-refractivity contribution in [2.45, 2.75) is 33.3 Å². The molecule has 0 aliphatic carbocycles. The van der Waals surface area contributed by atoms with E-state index in [1.165, 1.54) is 4.90 Å². The average Bonchev–Trinajstić information content (AvgIpc) is 2.23. The number of amides is 2. The second kappa shape index (κ2) is 6.44. The van der Waals surface area contributed by atoms with Crippen molar-refractivity contribution in [3.05, 3.63) is 0 Å². The highest BCUT2D eigenvalue weighted by Crippen LogP contribution is 2.19. The first-order valence-electron chi connectivity index (χ1n) is 5.63. The Bertz CT molecular complexity index is 281. The third-order valence-corrected chi connectivity index (χ3v) is 2.81. The molecule has 2 atom stereocenters. The zero-order valence-corrected chi connectivity index (χ0v) is 10.9. The summed E-state index contributed by atoms with van der Waals surface area (Å²) in [5, 5.41) is 20.7. The summed E-state index contributed by atoms with van der Waals surface area (Å²) >= 11 is 0. The van der Waals surface area contributed by atoms with Crippen molar-refractivity contribution >= 4 is 12.0 Å². The van der Waals surface area contributed by atoms with Crippen molar-refractivity contribution in [3.8, 4) is 0 Å². The van der Waals surface area contributed by atoms with Gasteiger partial charge in [-0.25, -0.2) is 4.79 Å². The predicted molar refractivity (Wildman–Crippen MR) is 63.7 cm³/mol. The molecule has 0 aromatic carbocycles. The van der Waals surface area contributed by atoms with Gasteiger partial charge in [0.15, 0.2) is 0 Å².